The van der Waals surface area contributed by atoms with Gasteiger partial charge in [0.25, 0.3) is 0 Å². The lowest BCUT2D eigenvalue weighted by Crippen LogP contribution is -2.43. The molecule has 0 aliphatic carbocycles. The van der Waals surface area contributed by atoms with E-state index in [1.54, 1.807) is 11.8 Å². The highest BCUT2D eigenvalue weighted by atomic mass is 16.5. The van der Waals surface area contributed by atoms with Crippen molar-refractivity contribution in [3.8, 4) is 0 Å². The number of amides is 2. The first-order valence-corrected chi connectivity index (χ1v) is 4.76. The van der Waals surface area contributed by atoms with Gasteiger partial charge in [-0.3, -0.25) is 9.59 Å². The van der Waals surface area contributed by atoms with Crippen LogP contribution in [0.25, 0.3) is 0 Å². The molecule has 1 aliphatic rings. The summed E-state index contributed by atoms with van der Waals surface area (Å²) in [6, 6.07) is 0. The summed E-state index contributed by atoms with van der Waals surface area (Å²) in [5, 5.41) is 0. The van der Waals surface area contributed by atoms with E-state index in [0.717, 1.165) is 0 Å². The van der Waals surface area contributed by atoms with Gasteiger partial charge < -0.3 is 15.4 Å². The van der Waals surface area contributed by atoms with E-state index in [9.17, 15) is 9.59 Å². The fourth-order valence-electron chi connectivity index (χ4n) is 1.48. The molecule has 0 saturated carbocycles. The van der Waals surface area contributed by atoms with E-state index < -0.39 is 5.91 Å². The summed E-state index contributed by atoms with van der Waals surface area (Å²) in [7, 11) is 0. The molecule has 80 valence electrons. The Balaban J connectivity index is 2.42. The van der Waals surface area contributed by atoms with Crippen molar-refractivity contribution in [1.82, 2.24) is 4.90 Å². The van der Waals surface area contributed by atoms with E-state index in [2.05, 4.69) is 0 Å². The average Bonchev–Trinajstić information content (AvgIpc) is 2.17. The first kappa shape index (κ1) is 11.0. The molecule has 2 N–H and O–H groups in total. The zero-order chi connectivity index (χ0) is 10.6. The Morgan fingerprint density at radius 2 is 2.00 bits per heavy atom. The van der Waals surface area contributed by atoms with E-state index in [4.69, 9.17) is 10.5 Å². The lowest BCUT2D eigenvalue weighted by atomic mass is 10.1. The van der Waals surface area contributed by atoms with Crippen LogP contribution in [0.2, 0.25) is 0 Å². The summed E-state index contributed by atoms with van der Waals surface area (Å²) in [6.45, 7) is 4.11. The SMILES string of the molecule is CC(CC(N)=O)C(=O)N1CCOCC1. The van der Waals surface area contributed by atoms with Gasteiger partial charge in [-0.1, -0.05) is 6.92 Å². The van der Waals surface area contributed by atoms with Gasteiger partial charge in [0.05, 0.1) is 13.2 Å². The van der Waals surface area contributed by atoms with Crippen LogP contribution in [0.4, 0.5) is 0 Å². The molecule has 1 atom stereocenters. The molecule has 1 aliphatic heterocycles. The molecule has 1 heterocycles. The Morgan fingerprint density at radius 3 is 2.50 bits per heavy atom. The van der Waals surface area contributed by atoms with Gasteiger partial charge in [0.15, 0.2) is 0 Å². The molecular weight excluding hydrogens is 184 g/mol. The molecule has 1 unspecified atom stereocenters. The fraction of sp³-hybridized carbons (Fsp3) is 0.778. The third-order valence-corrected chi connectivity index (χ3v) is 2.25. The first-order chi connectivity index (χ1) is 6.61. The summed E-state index contributed by atoms with van der Waals surface area (Å²) in [4.78, 5) is 24.0. The Kier molecular flexibility index (Phi) is 3.88. The number of carbonyl (C=O) groups excluding carboxylic acids is 2. The standard InChI is InChI=1S/C9H16N2O3/c1-7(6-8(10)12)9(13)11-2-4-14-5-3-11/h7H,2-6H2,1H3,(H2,10,12). The third kappa shape index (κ3) is 2.99. The van der Waals surface area contributed by atoms with Crippen molar-refractivity contribution in [3.63, 3.8) is 0 Å². The van der Waals surface area contributed by atoms with Crippen LogP contribution in [-0.2, 0) is 14.3 Å². The molecule has 0 bridgehead atoms. The van der Waals surface area contributed by atoms with Crippen LogP contribution >= 0.6 is 0 Å². The summed E-state index contributed by atoms with van der Waals surface area (Å²) in [5.41, 5.74) is 5.03. The minimum absolute atomic E-state index is 0.00731. The molecule has 0 spiro atoms. The van der Waals surface area contributed by atoms with E-state index >= 15 is 0 Å². The maximum Gasteiger partial charge on any atom is 0.226 e. The molecule has 1 rings (SSSR count). The van der Waals surface area contributed by atoms with Gasteiger partial charge in [0, 0.05) is 25.4 Å². The highest BCUT2D eigenvalue weighted by Crippen LogP contribution is 2.08. The number of nitrogens with two attached hydrogens (primary N) is 1. The van der Waals surface area contributed by atoms with Crippen LogP contribution in [0.5, 0.6) is 0 Å². The number of primary amides is 1. The van der Waals surface area contributed by atoms with Gasteiger partial charge in [-0.05, 0) is 0 Å². The summed E-state index contributed by atoms with van der Waals surface area (Å²) in [5.74, 6) is -0.753. The molecule has 0 radical (unpaired) electrons. The summed E-state index contributed by atoms with van der Waals surface area (Å²) in [6.07, 6.45) is 0.121. The molecule has 0 aromatic rings. The topological polar surface area (TPSA) is 72.6 Å². The Morgan fingerprint density at radius 1 is 1.43 bits per heavy atom. The van der Waals surface area contributed by atoms with E-state index in [1.807, 2.05) is 0 Å². The number of ether oxygens (including phenoxy) is 1. The van der Waals surface area contributed by atoms with Crippen molar-refractivity contribution in [3.05, 3.63) is 0 Å². The van der Waals surface area contributed by atoms with Crippen molar-refractivity contribution >= 4 is 11.8 Å². The van der Waals surface area contributed by atoms with Gasteiger partial charge in [-0.25, -0.2) is 0 Å². The van der Waals surface area contributed by atoms with Crippen molar-refractivity contribution in [2.75, 3.05) is 26.3 Å². The molecule has 0 aromatic heterocycles. The maximum absolute atomic E-state index is 11.7. The smallest absolute Gasteiger partial charge is 0.226 e. The van der Waals surface area contributed by atoms with Crippen molar-refractivity contribution in [1.29, 1.82) is 0 Å². The molecule has 1 fully saturated rings. The summed E-state index contributed by atoms with van der Waals surface area (Å²) < 4.78 is 5.13. The van der Waals surface area contributed by atoms with Gasteiger partial charge in [-0.15, -0.1) is 0 Å². The quantitative estimate of drug-likeness (QED) is 0.658. The van der Waals surface area contributed by atoms with Crippen LogP contribution in [0.15, 0.2) is 0 Å². The lowest BCUT2D eigenvalue weighted by molar-refractivity contribution is -0.140. The van der Waals surface area contributed by atoms with Crippen molar-refractivity contribution < 1.29 is 14.3 Å². The third-order valence-electron chi connectivity index (χ3n) is 2.25. The highest BCUT2D eigenvalue weighted by Gasteiger charge is 2.23. The predicted octanol–water partition coefficient (Wildman–Crippen LogP) is -0.643. The maximum atomic E-state index is 11.7. The zero-order valence-electron chi connectivity index (χ0n) is 8.36. The van der Waals surface area contributed by atoms with Crippen molar-refractivity contribution in [2.45, 2.75) is 13.3 Å². The first-order valence-electron chi connectivity index (χ1n) is 4.76. The van der Waals surface area contributed by atoms with Gasteiger partial charge in [-0.2, -0.15) is 0 Å². The number of morpholine rings is 1. The van der Waals surface area contributed by atoms with Gasteiger partial charge in [0.1, 0.15) is 0 Å². The molecule has 5 heteroatoms. The molecule has 1 saturated heterocycles. The molecule has 2 amide bonds. The second kappa shape index (κ2) is 4.95. The van der Waals surface area contributed by atoms with Gasteiger partial charge in [0.2, 0.25) is 11.8 Å². The average molecular weight is 200 g/mol. The fourth-order valence-corrected chi connectivity index (χ4v) is 1.48. The van der Waals surface area contributed by atoms with E-state index in [0.29, 0.717) is 26.3 Å². The number of rotatable bonds is 3. The number of hydrogen-bond acceptors (Lipinski definition) is 3. The van der Waals surface area contributed by atoms with E-state index in [-0.39, 0.29) is 18.2 Å². The Bertz CT molecular complexity index is 224. The minimum atomic E-state index is -0.431. The Hall–Kier alpha value is -1.10. The van der Waals surface area contributed by atoms with Crippen molar-refractivity contribution in [2.24, 2.45) is 11.7 Å². The molecular formula is C9H16N2O3. The van der Waals surface area contributed by atoms with Crippen LogP contribution in [0.1, 0.15) is 13.3 Å². The second-order valence-electron chi connectivity index (χ2n) is 3.51. The van der Waals surface area contributed by atoms with Gasteiger partial charge >= 0.3 is 0 Å². The molecule has 14 heavy (non-hydrogen) atoms. The zero-order valence-corrected chi connectivity index (χ0v) is 8.36. The number of carbonyl (C=O) groups is 2. The predicted molar refractivity (Wildman–Crippen MR) is 50.4 cm³/mol. The number of nitrogens with zero attached hydrogens (tertiary/aromatic N) is 1. The van der Waals surface area contributed by atoms with Crippen LogP contribution in [0.3, 0.4) is 0 Å². The Labute approximate surface area is 83.2 Å². The molecule has 0 aromatic carbocycles. The highest BCUT2D eigenvalue weighted by molar-refractivity contribution is 5.84. The van der Waals surface area contributed by atoms with Crippen LogP contribution in [-0.4, -0.2) is 43.0 Å². The molecule has 5 nitrogen and oxygen atoms in total. The second-order valence-corrected chi connectivity index (χ2v) is 3.51. The number of hydrogen-bond donors (Lipinski definition) is 1. The lowest BCUT2D eigenvalue weighted by Gasteiger charge is -2.28. The minimum Gasteiger partial charge on any atom is -0.378 e. The monoisotopic (exact) mass is 200 g/mol. The van der Waals surface area contributed by atoms with E-state index in [1.165, 1.54) is 0 Å². The van der Waals surface area contributed by atoms with Crippen LogP contribution < -0.4 is 5.73 Å². The summed E-state index contributed by atoms with van der Waals surface area (Å²) >= 11 is 0. The largest absolute Gasteiger partial charge is 0.378 e. The normalized spacial score (nSPS) is 19.1. The van der Waals surface area contributed by atoms with Crippen LogP contribution in [0, 0.1) is 5.92 Å².